The van der Waals surface area contributed by atoms with Gasteiger partial charge in [0.15, 0.2) is 0 Å². The topological polar surface area (TPSA) is 34.9 Å². The maximum absolute atomic E-state index is 13.4. The summed E-state index contributed by atoms with van der Waals surface area (Å²) in [5, 5.41) is 0.545. The zero-order valence-electron chi connectivity index (χ0n) is 14.1. The Bertz CT molecular complexity index is 1210. The molecule has 27 heavy (non-hydrogen) atoms. The fourth-order valence-electron chi connectivity index (χ4n) is 2.88. The summed E-state index contributed by atoms with van der Waals surface area (Å²) in [6.45, 7) is 0. The first-order valence-electron chi connectivity index (χ1n) is 8.33. The summed E-state index contributed by atoms with van der Waals surface area (Å²) in [4.78, 5) is 17.8. The van der Waals surface area contributed by atoms with E-state index in [-0.39, 0.29) is 11.4 Å². The molecule has 0 aliphatic heterocycles. The van der Waals surface area contributed by atoms with Gasteiger partial charge in [-0.2, -0.15) is 0 Å². The normalized spacial score (nSPS) is 11.3. The van der Waals surface area contributed by atoms with Gasteiger partial charge in [0.05, 0.1) is 16.6 Å². The molecule has 1 aromatic heterocycles. The van der Waals surface area contributed by atoms with Gasteiger partial charge >= 0.3 is 0 Å². The smallest absolute Gasteiger partial charge is 0.266 e. The molecule has 0 radical (unpaired) electrons. The van der Waals surface area contributed by atoms with Gasteiger partial charge in [0.25, 0.3) is 5.56 Å². The molecule has 5 heteroatoms. The van der Waals surface area contributed by atoms with Gasteiger partial charge in [0.2, 0.25) is 0 Å². The highest BCUT2D eigenvalue weighted by atomic mass is 79.9. The third-order valence-electron chi connectivity index (χ3n) is 4.16. The zero-order valence-corrected chi connectivity index (χ0v) is 15.7. The Morgan fingerprint density at radius 2 is 1.70 bits per heavy atom. The molecule has 0 aliphatic rings. The summed E-state index contributed by atoms with van der Waals surface area (Å²) in [5.41, 5.74) is 1.87. The van der Waals surface area contributed by atoms with E-state index in [0.717, 1.165) is 4.47 Å². The summed E-state index contributed by atoms with van der Waals surface area (Å²) in [5.74, 6) is 0.166. The molecule has 0 atom stereocenters. The molecule has 4 aromatic rings. The van der Waals surface area contributed by atoms with Crippen LogP contribution in [0, 0.1) is 5.82 Å². The summed E-state index contributed by atoms with van der Waals surface area (Å²) >= 11 is 3.41. The van der Waals surface area contributed by atoms with Crippen molar-refractivity contribution in [2.45, 2.75) is 0 Å². The van der Waals surface area contributed by atoms with E-state index in [1.807, 2.05) is 42.5 Å². The number of rotatable bonds is 3. The van der Waals surface area contributed by atoms with Crippen LogP contribution in [0.1, 0.15) is 11.4 Å². The minimum absolute atomic E-state index is 0.151. The van der Waals surface area contributed by atoms with Gasteiger partial charge in [0, 0.05) is 4.47 Å². The van der Waals surface area contributed by atoms with Gasteiger partial charge in [-0.1, -0.05) is 46.3 Å². The highest BCUT2D eigenvalue weighted by Crippen LogP contribution is 2.18. The first kappa shape index (κ1) is 17.4. The highest BCUT2D eigenvalue weighted by molar-refractivity contribution is 9.10. The molecule has 0 saturated heterocycles. The third kappa shape index (κ3) is 3.59. The Balaban J connectivity index is 1.93. The van der Waals surface area contributed by atoms with E-state index in [1.54, 1.807) is 34.9 Å². The Morgan fingerprint density at radius 3 is 2.48 bits per heavy atom. The van der Waals surface area contributed by atoms with Crippen LogP contribution < -0.4 is 5.56 Å². The molecule has 4 rings (SSSR count). The molecule has 0 aliphatic carbocycles. The van der Waals surface area contributed by atoms with Crippen LogP contribution in [0.2, 0.25) is 0 Å². The minimum Gasteiger partial charge on any atom is -0.268 e. The highest BCUT2D eigenvalue weighted by Gasteiger charge is 2.10. The van der Waals surface area contributed by atoms with Crippen molar-refractivity contribution < 1.29 is 4.39 Å². The lowest BCUT2D eigenvalue weighted by atomic mass is 10.2. The van der Waals surface area contributed by atoms with Crippen LogP contribution in [0.3, 0.4) is 0 Å². The predicted octanol–water partition coefficient (Wildman–Crippen LogP) is 5.46. The molecule has 0 saturated carbocycles. The number of fused-ring (bicyclic) bond motifs is 1. The van der Waals surface area contributed by atoms with Crippen molar-refractivity contribution in [2.75, 3.05) is 0 Å². The van der Waals surface area contributed by atoms with Crippen LogP contribution in [0.4, 0.5) is 4.39 Å². The average Bonchev–Trinajstić information content (AvgIpc) is 2.68. The lowest BCUT2D eigenvalue weighted by Gasteiger charge is -2.11. The predicted molar refractivity (Wildman–Crippen MR) is 110 cm³/mol. The van der Waals surface area contributed by atoms with E-state index in [4.69, 9.17) is 0 Å². The van der Waals surface area contributed by atoms with Crippen LogP contribution in [-0.2, 0) is 0 Å². The Labute approximate surface area is 163 Å². The van der Waals surface area contributed by atoms with E-state index >= 15 is 0 Å². The number of aromatic nitrogens is 2. The van der Waals surface area contributed by atoms with E-state index < -0.39 is 0 Å². The van der Waals surface area contributed by atoms with Crippen molar-refractivity contribution >= 4 is 39.0 Å². The molecule has 0 N–H and O–H groups in total. The van der Waals surface area contributed by atoms with E-state index in [9.17, 15) is 9.18 Å². The van der Waals surface area contributed by atoms with Gasteiger partial charge in [-0.15, -0.1) is 0 Å². The van der Waals surface area contributed by atoms with Crippen LogP contribution in [0.15, 0.2) is 82.1 Å². The molecule has 0 unspecified atom stereocenters. The summed E-state index contributed by atoms with van der Waals surface area (Å²) in [7, 11) is 0. The monoisotopic (exact) mass is 420 g/mol. The lowest BCUT2D eigenvalue weighted by Crippen LogP contribution is -2.22. The standard InChI is InChI=1S/C22H14BrFN2O/c23-16-9-11-18(12-10-16)26-21(13-8-15-4-3-5-17(24)14-15)25-20-7-2-1-6-19(20)22(26)27/h1-14H. The molecule has 3 nitrogen and oxygen atoms in total. The lowest BCUT2D eigenvalue weighted by molar-refractivity contribution is 0.627. The number of benzene rings is 3. The number of halogens is 2. The van der Waals surface area contributed by atoms with Crippen LogP contribution in [0.5, 0.6) is 0 Å². The van der Waals surface area contributed by atoms with Crippen molar-refractivity contribution in [3.05, 3.63) is 105 Å². The van der Waals surface area contributed by atoms with Gasteiger partial charge in [-0.25, -0.2) is 9.37 Å². The summed E-state index contributed by atoms with van der Waals surface area (Å²) < 4.78 is 15.9. The SMILES string of the molecule is O=c1c2ccccc2nc(C=Cc2cccc(F)c2)n1-c1ccc(Br)cc1. The first-order valence-corrected chi connectivity index (χ1v) is 9.12. The van der Waals surface area contributed by atoms with Crippen molar-refractivity contribution in [1.82, 2.24) is 9.55 Å². The van der Waals surface area contributed by atoms with Crippen LogP contribution >= 0.6 is 15.9 Å². The maximum Gasteiger partial charge on any atom is 0.266 e. The summed E-state index contributed by atoms with van der Waals surface area (Å²) in [6, 6.07) is 20.9. The molecular formula is C22H14BrFN2O. The molecule has 0 amide bonds. The molecule has 0 bridgehead atoms. The first-order chi connectivity index (χ1) is 13.1. The number of nitrogens with zero attached hydrogens (tertiary/aromatic N) is 2. The van der Waals surface area contributed by atoms with Crippen molar-refractivity contribution in [3.8, 4) is 5.69 Å². The number of hydrogen-bond acceptors (Lipinski definition) is 2. The van der Waals surface area contributed by atoms with Gasteiger partial charge in [-0.3, -0.25) is 9.36 Å². The Morgan fingerprint density at radius 1 is 0.926 bits per heavy atom. The van der Waals surface area contributed by atoms with Gasteiger partial charge in [0.1, 0.15) is 11.6 Å². The van der Waals surface area contributed by atoms with Gasteiger partial charge in [-0.05, 0) is 60.2 Å². The van der Waals surface area contributed by atoms with E-state index in [2.05, 4.69) is 20.9 Å². The van der Waals surface area contributed by atoms with Crippen LogP contribution in [-0.4, -0.2) is 9.55 Å². The second kappa shape index (κ2) is 7.29. The van der Waals surface area contributed by atoms with Crippen molar-refractivity contribution in [3.63, 3.8) is 0 Å². The fourth-order valence-corrected chi connectivity index (χ4v) is 3.15. The quantitative estimate of drug-likeness (QED) is 0.441. The summed E-state index contributed by atoms with van der Waals surface area (Å²) in [6.07, 6.45) is 3.47. The molecule has 0 fully saturated rings. The largest absolute Gasteiger partial charge is 0.268 e. The van der Waals surface area contributed by atoms with Crippen molar-refractivity contribution in [1.29, 1.82) is 0 Å². The van der Waals surface area contributed by atoms with Crippen molar-refractivity contribution in [2.24, 2.45) is 0 Å². The second-order valence-corrected chi connectivity index (χ2v) is 6.91. The molecule has 132 valence electrons. The Kier molecular flexibility index (Phi) is 4.69. The molecule has 3 aromatic carbocycles. The zero-order chi connectivity index (χ0) is 18.8. The van der Waals surface area contributed by atoms with E-state index in [0.29, 0.717) is 28.0 Å². The second-order valence-electron chi connectivity index (χ2n) is 5.99. The maximum atomic E-state index is 13.4. The number of para-hydroxylation sites is 1. The number of hydrogen-bond donors (Lipinski definition) is 0. The molecule has 1 heterocycles. The molecule has 0 spiro atoms. The van der Waals surface area contributed by atoms with Gasteiger partial charge < -0.3 is 0 Å². The third-order valence-corrected chi connectivity index (χ3v) is 4.69. The van der Waals surface area contributed by atoms with E-state index in [1.165, 1.54) is 12.1 Å². The molecular weight excluding hydrogens is 407 g/mol. The fraction of sp³-hybridized carbons (Fsp3) is 0. The van der Waals surface area contributed by atoms with Crippen LogP contribution in [0.25, 0.3) is 28.7 Å². The minimum atomic E-state index is -0.311. The Hall–Kier alpha value is -3.05. The average molecular weight is 421 g/mol.